The number of hydrogen-bond donors (Lipinski definition) is 1. The van der Waals surface area contributed by atoms with Gasteiger partial charge in [0.1, 0.15) is 0 Å². The van der Waals surface area contributed by atoms with Crippen LogP contribution in [0, 0.1) is 0 Å². The minimum Gasteiger partial charge on any atom is -0.362 e. The minimum atomic E-state index is -0.282. The van der Waals surface area contributed by atoms with Crippen LogP contribution in [-0.2, 0) is 16.1 Å². The normalized spacial score (nSPS) is 18.6. The first-order valence-electron chi connectivity index (χ1n) is 13.0. The first-order chi connectivity index (χ1) is 17.7. The molecular weight excluding hydrogens is 444 g/mol. The van der Waals surface area contributed by atoms with E-state index in [1.807, 2.05) is 0 Å². The number of carbonyl (C=O) groups excluding carboxylic acids is 2. The average Bonchev–Trinajstić information content (AvgIpc) is 3.26. The van der Waals surface area contributed by atoms with Crippen molar-refractivity contribution < 1.29 is 9.59 Å². The predicted octanol–water partition coefficient (Wildman–Crippen LogP) is 6.54. The number of para-hydroxylation sites is 1. The number of allylic oxidation sites excluding steroid dienone is 4. The molecule has 4 nitrogen and oxygen atoms in total. The predicted molar refractivity (Wildman–Crippen MR) is 143 cm³/mol. The van der Waals surface area contributed by atoms with Crippen molar-refractivity contribution in [2.45, 2.75) is 51.0 Å². The third kappa shape index (κ3) is 3.28. The second-order valence-corrected chi connectivity index (χ2v) is 10.3. The fourth-order valence-corrected chi connectivity index (χ4v) is 6.54. The zero-order chi connectivity index (χ0) is 24.2. The van der Waals surface area contributed by atoms with Crippen LogP contribution in [0.25, 0.3) is 21.7 Å². The number of nitrogens with one attached hydrogen (secondary N) is 1. The molecule has 0 spiro atoms. The number of fused-ring (bicyclic) bond motifs is 2. The van der Waals surface area contributed by atoms with Gasteiger partial charge in [-0.25, -0.2) is 0 Å². The second kappa shape index (κ2) is 8.34. The smallest absolute Gasteiger partial charge is 0.161 e. The Morgan fingerprint density at radius 2 is 1.36 bits per heavy atom. The SMILES string of the molecule is O=C1CCCC2=C1C(c1cn(Cc3cccc4ccccc34)c3ccccc13)C1=C(CCCC1=O)N2. The van der Waals surface area contributed by atoms with E-state index in [2.05, 4.69) is 82.8 Å². The van der Waals surface area contributed by atoms with Crippen molar-refractivity contribution >= 4 is 33.2 Å². The number of rotatable bonds is 3. The monoisotopic (exact) mass is 472 g/mol. The number of ketones is 2. The lowest BCUT2D eigenvalue weighted by Crippen LogP contribution is -2.36. The average molecular weight is 473 g/mol. The molecule has 0 unspecified atom stereocenters. The molecule has 3 aliphatic rings. The summed E-state index contributed by atoms with van der Waals surface area (Å²) in [5.41, 5.74) is 7.19. The maximum Gasteiger partial charge on any atom is 0.161 e. The van der Waals surface area contributed by atoms with Gasteiger partial charge in [-0.15, -0.1) is 0 Å². The Morgan fingerprint density at radius 1 is 0.722 bits per heavy atom. The van der Waals surface area contributed by atoms with Crippen molar-refractivity contribution in [2.24, 2.45) is 0 Å². The van der Waals surface area contributed by atoms with Gasteiger partial charge in [0.2, 0.25) is 0 Å². The van der Waals surface area contributed by atoms with Gasteiger partial charge in [-0.05, 0) is 53.6 Å². The van der Waals surface area contributed by atoms with Crippen LogP contribution in [0.1, 0.15) is 55.6 Å². The number of benzene rings is 3. The first kappa shape index (κ1) is 21.4. The molecule has 4 aromatic rings. The summed E-state index contributed by atoms with van der Waals surface area (Å²) in [6.45, 7) is 0.729. The molecule has 1 aromatic heterocycles. The summed E-state index contributed by atoms with van der Waals surface area (Å²) in [5, 5.41) is 7.15. The largest absolute Gasteiger partial charge is 0.362 e. The maximum atomic E-state index is 13.3. The first-order valence-corrected chi connectivity index (χ1v) is 13.0. The highest BCUT2D eigenvalue weighted by Gasteiger charge is 2.41. The summed E-state index contributed by atoms with van der Waals surface area (Å²) < 4.78 is 2.30. The molecule has 1 N–H and O–H groups in total. The van der Waals surface area contributed by atoms with Gasteiger partial charge in [0, 0.05) is 64.9 Å². The summed E-state index contributed by atoms with van der Waals surface area (Å²) >= 11 is 0. The van der Waals surface area contributed by atoms with Crippen molar-refractivity contribution in [3.63, 3.8) is 0 Å². The van der Waals surface area contributed by atoms with Gasteiger partial charge >= 0.3 is 0 Å². The molecule has 1 aliphatic heterocycles. The summed E-state index contributed by atoms with van der Waals surface area (Å²) in [6, 6.07) is 23.4. The summed E-state index contributed by atoms with van der Waals surface area (Å²) in [6.07, 6.45) is 6.81. The van der Waals surface area contributed by atoms with Crippen molar-refractivity contribution in [2.75, 3.05) is 0 Å². The third-order valence-corrected chi connectivity index (χ3v) is 8.14. The molecular formula is C32H28N2O2. The molecule has 178 valence electrons. The highest BCUT2D eigenvalue weighted by molar-refractivity contribution is 6.07. The third-order valence-electron chi connectivity index (χ3n) is 8.14. The fourth-order valence-electron chi connectivity index (χ4n) is 6.54. The van der Waals surface area contributed by atoms with Crippen LogP contribution in [0.2, 0.25) is 0 Å². The van der Waals surface area contributed by atoms with Crippen molar-refractivity contribution in [1.82, 2.24) is 9.88 Å². The number of carbonyl (C=O) groups is 2. The molecule has 0 saturated heterocycles. The van der Waals surface area contributed by atoms with Crippen molar-refractivity contribution in [3.8, 4) is 0 Å². The number of nitrogens with zero attached hydrogens (tertiary/aromatic N) is 1. The molecule has 0 saturated carbocycles. The van der Waals surface area contributed by atoms with Crippen molar-refractivity contribution in [3.05, 3.63) is 107 Å². The van der Waals surface area contributed by atoms with E-state index < -0.39 is 0 Å². The van der Waals surface area contributed by atoms with E-state index in [1.54, 1.807) is 0 Å². The Kier molecular flexibility index (Phi) is 4.95. The Labute approximate surface area is 210 Å². The number of hydrogen-bond acceptors (Lipinski definition) is 3. The fraction of sp³-hybridized carbons (Fsp3) is 0.250. The highest BCUT2D eigenvalue weighted by atomic mass is 16.1. The molecule has 0 atom stereocenters. The van der Waals surface area contributed by atoms with Gasteiger partial charge < -0.3 is 9.88 Å². The lowest BCUT2D eigenvalue weighted by molar-refractivity contribution is -0.116. The van der Waals surface area contributed by atoms with Crippen LogP contribution in [0.15, 0.2) is 95.5 Å². The minimum absolute atomic E-state index is 0.185. The van der Waals surface area contributed by atoms with Crippen LogP contribution in [0.4, 0.5) is 0 Å². The maximum absolute atomic E-state index is 13.3. The Hall–Kier alpha value is -3.92. The van der Waals surface area contributed by atoms with E-state index in [9.17, 15) is 9.59 Å². The van der Waals surface area contributed by atoms with E-state index in [4.69, 9.17) is 0 Å². The molecule has 7 rings (SSSR count). The standard InChI is InChI=1S/C32H28N2O2/c35-28-16-6-13-25-31(28)30(32-26(33-25)14-7-17-29(32)36)24-19-34(27-15-4-3-12-23(24)27)18-21-10-5-9-20-8-1-2-11-22(20)21/h1-5,8-12,15,19,30,33H,6-7,13-14,16-18H2. The quantitative estimate of drug-likeness (QED) is 0.368. The molecule has 0 radical (unpaired) electrons. The molecule has 0 amide bonds. The molecule has 36 heavy (non-hydrogen) atoms. The summed E-state index contributed by atoms with van der Waals surface area (Å²) in [4.78, 5) is 26.7. The lowest BCUT2D eigenvalue weighted by atomic mass is 9.71. The van der Waals surface area contributed by atoms with E-state index in [1.165, 1.54) is 16.3 Å². The van der Waals surface area contributed by atoms with Crippen LogP contribution in [-0.4, -0.2) is 16.1 Å². The van der Waals surface area contributed by atoms with Gasteiger partial charge in [-0.2, -0.15) is 0 Å². The number of dihydropyridines is 1. The van der Waals surface area contributed by atoms with Crippen LogP contribution in [0.5, 0.6) is 0 Å². The molecule has 3 aromatic carbocycles. The highest BCUT2D eigenvalue weighted by Crippen LogP contribution is 2.47. The van der Waals surface area contributed by atoms with Gasteiger partial charge in [-0.3, -0.25) is 9.59 Å². The van der Waals surface area contributed by atoms with Gasteiger partial charge in [0.15, 0.2) is 11.6 Å². The van der Waals surface area contributed by atoms with Gasteiger partial charge in [-0.1, -0.05) is 60.7 Å². The Bertz CT molecular complexity index is 1590. The van der Waals surface area contributed by atoms with Gasteiger partial charge in [0.05, 0.1) is 0 Å². The van der Waals surface area contributed by atoms with Crippen LogP contribution in [0.3, 0.4) is 0 Å². The zero-order valence-corrected chi connectivity index (χ0v) is 20.2. The zero-order valence-electron chi connectivity index (χ0n) is 20.2. The second-order valence-electron chi connectivity index (χ2n) is 10.3. The molecule has 2 aliphatic carbocycles. The molecule has 4 heteroatoms. The van der Waals surface area contributed by atoms with E-state index in [-0.39, 0.29) is 17.5 Å². The van der Waals surface area contributed by atoms with E-state index in [0.29, 0.717) is 12.8 Å². The topological polar surface area (TPSA) is 51.1 Å². The van der Waals surface area contributed by atoms with Crippen molar-refractivity contribution in [1.29, 1.82) is 0 Å². The summed E-state index contributed by atoms with van der Waals surface area (Å²) in [5.74, 6) is 0.0876. The number of Topliss-reactive ketones (excluding diaryl/α,β-unsaturated/α-hetero) is 2. The van der Waals surface area contributed by atoms with Crippen LogP contribution >= 0.6 is 0 Å². The molecule has 2 heterocycles. The van der Waals surface area contributed by atoms with E-state index >= 15 is 0 Å². The van der Waals surface area contributed by atoms with E-state index in [0.717, 1.165) is 71.2 Å². The Balaban J connectivity index is 1.43. The summed E-state index contributed by atoms with van der Waals surface area (Å²) in [7, 11) is 0. The van der Waals surface area contributed by atoms with Crippen LogP contribution < -0.4 is 5.32 Å². The molecule has 0 bridgehead atoms. The lowest BCUT2D eigenvalue weighted by Gasteiger charge is -2.37. The van der Waals surface area contributed by atoms with Gasteiger partial charge in [0.25, 0.3) is 0 Å². The molecule has 0 fully saturated rings. The Morgan fingerprint density at radius 3 is 2.11 bits per heavy atom. The number of aromatic nitrogens is 1.